The average Bonchev–Trinajstić information content (AvgIpc) is 2.57. The third-order valence-corrected chi connectivity index (χ3v) is 2.50. The zero-order valence-corrected chi connectivity index (χ0v) is 14.3. The molecule has 0 unspecified atom stereocenters. The van der Waals surface area contributed by atoms with Gasteiger partial charge in [0.15, 0.2) is 0 Å². The number of benzene rings is 1. The fourth-order valence-corrected chi connectivity index (χ4v) is 1.74. The molecule has 17 heavy (non-hydrogen) atoms. The van der Waals surface area contributed by atoms with E-state index in [9.17, 15) is 0 Å². The van der Waals surface area contributed by atoms with Gasteiger partial charge in [0.2, 0.25) is 0 Å². The van der Waals surface area contributed by atoms with Gasteiger partial charge < -0.3 is 32.2 Å². The van der Waals surface area contributed by atoms with Gasteiger partial charge in [0, 0.05) is 0 Å². The maximum atomic E-state index is 2.31. The van der Waals surface area contributed by atoms with E-state index in [0.29, 0.717) is 0 Å². The van der Waals surface area contributed by atoms with E-state index in [1.807, 2.05) is 0 Å². The Balaban J connectivity index is -0.000000490. The van der Waals surface area contributed by atoms with Gasteiger partial charge in [-0.1, -0.05) is 25.8 Å². The molecule has 0 aliphatic rings. The summed E-state index contributed by atoms with van der Waals surface area (Å²) in [6.07, 6.45) is 3.81. The molecule has 0 bridgehead atoms. The minimum Gasteiger partial charge on any atom is -1.00 e. The number of halogens is 2. The zero-order valence-electron chi connectivity index (χ0n) is 10.3. The van der Waals surface area contributed by atoms with E-state index in [2.05, 4.69) is 43.3 Å². The van der Waals surface area contributed by atoms with Crippen LogP contribution < -0.4 is 24.8 Å². The van der Waals surface area contributed by atoms with E-state index in [4.69, 9.17) is 0 Å². The molecular weight excluding hydrogens is 330 g/mol. The standard InChI is InChI=1S/C13H15.CH3.2ClH.Zr/c1-2-3-6-11-9-12-7-4-5-8-13(12)10-11;;;;/h4-5,7-10H,2-3,6H2,1H3;1H3;2*1H;/q2*-1;;;+4/p-2. The van der Waals surface area contributed by atoms with Crippen molar-refractivity contribution >= 4 is 10.8 Å². The van der Waals surface area contributed by atoms with Crippen molar-refractivity contribution in [3.8, 4) is 0 Å². The predicted molar refractivity (Wildman–Crippen MR) is 64.6 cm³/mol. The molecule has 0 heterocycles. The number of hydrogen-bond donors (Lipinski definition) is 0. The van der Waals surface area contributed by atoms with Gasteiger partial charge in [0.25, 0.3) is 0 Å². The van der Waals surface area contributed by atoms with Gasteiger partial charge in [0.1, 0.15) is 0 Å². The Morgan fingerprint density at radius 1 is 1.12 bits per heavy atom. The van der Waals surface area contributed by atoms with Gasteiger partial charge in [-0.25, -0.2) is 0 Å². The van der Waals surface area contributed by atoms with Gasteiger partial charge in [-0.15, -0.1) is 40.6 Å². The number of unbranched alkanes of at least 4 members (excludes halogenated alkanes) is 1. The van der Waals surface area contributed by atoms with Crippen LogP contribution in [0, 0.1) is 7.43 Å². The number of rotatable bonds is 3. The van der Waals surface area contributed by atoms with E-state index in [-0.39, 0.29) is 58.4 Å². The predicted octanol–water partition coefficient (Wildman–Crippen LogP) is -1.64. The van der Waals surface area contributed by atoms with Crippen LogP contribution in [0.2, 0.25) is 0 Å². The maximum Gasteiger partial charge on any atom is 4.00 e. The Hall–Kier alpha value is 0.293. The van der Waals surface area contributed by atoms with Gasteiger partial charge in [0.05, 0.1) is 0 Å². The van der Waals surface area contributed by atoms with Crippen LogP contribution in [0.4, 0.5) is 0 Å². The van der Waals surface area contributed by atoms with Crippen LogP contribution in [0.1, 0.15) is 25.3 Å². The summed E-state index contributed by atoms with van der Waals surface area (Å²) in [5.74, 6) is 0. The van der Waals surface area contributed by atoms with Gasteiger partial charge in [-0.3, -0.25) is 0 Å². The molecule has 2 aromatic carbocycles. The van der Waals surface area contributed by atoms with E-state index in [1.54, 1.807) is 0 Å². The van der Waals surface area contributed by atoms with Crippen molar-refractivity contribution in [3.05, 3.63) is 49.4 Å². The van der Waals surface area contributed by atoms with Crippen LogP contribution >= 0.6 is 0 Å². The first-order valence-corrected chi connectivity index (χ1v) is 5.04. The van der Waals surface area contributed by atoms with Crippen molar-refractivity contribution in [2.24, 2.45) is 0 Å². The molecule has 0 saturated carbocycles. The molecule has 0 aromatic heterocycles. The van der Waals surface area contributed by atoms with Crippen LogP contribution in [0.3, 0.4) is 0 Å². The van der Waals surface area contributed by atoms with Crippen molar-refractivity contribution in [2.75, 3.05) is 0 Å². The van der Waals surface area contributed by atoms with Crippen LogP contribution in [-0.4, -0.2) is 0 Å². The fraction of sp³-hybridized carbons (Fsp3) is 0.286. The smallest absolute Gasteiger partial charge is 1.00 e. The summed E-state index contributed by atoms with van der Waals surface area (Å²) in [5.41, 5.74) is 1.49. The Bertz CT molecular complexity index is 363. The summed E-state index contributed by atoms with van der Waals surface area (Å²) in [7, 11) is 0. The molecule has 0 nitrogen and oxygen atoms in total. The van der Waals surface area contributed by atoms with Gasteiger partial charge in [-0.05, 0) is 6.42 Å². The quantitative estimate of drug-likeness (QED) is 0.584. The summed E-state index contributed by atoms with van der Waals surface area (Å²) in [5, 5.41) is 2.77. The average molecular weight is 348 g/mol. The first-order chi connectivity index (χ1) is 6.40. The van der Waals surface area contributed by atoms with Crippen molar-refractivity contribution < 1.29 is 51.0 Å². The van der Waals surface area contributed by atoms with Crippen molar-refractivity contribution in [1.82, 2.24) is 0 Å². The van der Waals surface area contributed by atoms with Crippen LogP contribution in [-0.2, 0) is 32.6 Å². The summed E-state index contributed by atoms with van der Waals surface area (Å²) < 4.78 is 0. The Labute approximate surface area is 136 Å². The molecule has 0 aliphatic carbocycles. The Morgan fingerprint density at radius 3 is 2.35 bits per heavy atom. The number of aryl methyl sites for hydroxylation is 1. The van der Waals surface area contributed by atoms with Crippen LogP contribution in [0.5, 0.6) is 0 Å². The normalized spacial score (nSPS) is 8.29. The third-order valence-electron chi connectivity index (χ3n) is 2.50. The molecule has 92 valence electrons. The molecule has 0 N–H and O–H groups in total. The molecule has 3 heteroatoms. The maximum absolute atomic E-state index is 2.31. The summed E-state index contributed by atoms with van der Waals surface area (Å²) >= 11 is 0. The third kappa shape index (κ3) is 6.13. The summed E-state index contributed by atoms with van der Waals surface area (Å²) in [6.45, 7) is 2.24. The molecule has 0 saturated heterocycles. The van der Waals surface area contributed by atoms with Gasteiger partial charge >= 0.3 is 26.2 Å². The van der Waals surface area contributed by atoms with Crippen molar-refractivity contribution in [2.45, 2.75) is 26.2 Å². The first-order valence-electron chi connectivity index (χ1n) is 5.04. The number of fused-ring (bicyclic) bond motifs is 1. The topological polar surface area (TPSA) is 0 Å². The van der Waals surface area contributed by atoms with E-state index >= 15 is 0 Å². The Morgan fingerprint density at radius 2 is 1.76 bits per heavy atom. The van der Waals surface area contributed by atoms with Gasteiger partial charge in [-0.2, -0.15) is 6.07 Å². The molecule has 0 atom stereocenters. The monoisotopic (exact) mass is 346 g/mol. The molecular formula is C14H18Cl2Zr. The van der Waals surface area contributed by atoms with Crippen molar-refractivity contribution in [3.63, 3.8) is 0 Å². The van der Waals surface area contributed by atoms with E-state index < -0.39 is 0 Å². The molecule has 0 amide bonds. The largest absolute Gasteiger partial charge is 4.00 e. The second-order valence-electron chi connectivity index (χ2n) is 3.60. The molecule has 0 spiro atoms. The molecule has 2 rings (SSSR count). The molecule has 2 aromatic rings. The second kappa shape index (κ2) is 11.4. The summed E-state index contributed by atoms with van der Waals surface area (Å²) in [4.78, 5) is 0. The molecule has 0 radical (unpaired) electrons. The van der Waals surface area contributed by atoms with E-state index in [1.165, 1.54) is 35.6 Å². The van der Waals surface area contributed by atoms with E-state index in [0.717, 1.165) is 0 Å². The van der Waals surface area contributed by atoms with Crippen LogP contribution in [0.25, 0.3) is 10.8 Å². The second-order valence-corrected chi connectivity index (χ2v) is 3.60. The Kier molecular flexibility index (Phi) is 15.1. The zero-order chi connectivity index (χ0) is 9.10. The molecule has 0 aliphatic heterocycles. The van der Waals surface area contributed by atoms with Crippen molar-refractivity contribution in [1.29, 1.82) is 0 Å². The SMILES string of the molecule is CCCCc1cc2ccccc2[cH-]1.[CH3-].[Cl-].[Cl-].[Zr+4]. The fourth-order valence-electron chi connectivity index (χ4n) is 1.74. The minimum absolute atomic E-state index is 0. The number of hydrogen-bond acceptors (Lipinski definition) is 0. The molecule has 0 fully saturated rings. The summed E-state index contributed by atoms with van der Waals surface area (Å²) in [6, 6.07) is 13.2. The first kappa shape index (κ1) is 22.5. The van der Waals surface area contributed by atoms with Crippen LogP contribution in [0.15, 0.2) is 36.4 Å². The minimum atomic E-state index is 0.